The standard InChI is InChI=1S/C17H23BrN2O/c1-13-11-14(5-6-15(13)18)16(21)20-10-9-19-12-17(20)7-3-2-4-8-17/h5-6,11,19H,2-4,7-10,12H2,1H3. The van der Waals surface area contributed by atoms with E-state index >= 15 is 0 Å². The normalized spacial score (nSPS) is 21.5. The van der Waals surface area contributed by atoms with Crippen LogP contribution in [0.4, 0.5) is 0 Å². The fourth-order valence-electron chi connectivity index (χ4n) is 3.75. The molecule has 1 N–H and O–H groups in total. The first kappa shape index (κ1) is 15.0. The van der Waals surface area contributed by atoms with Crippen LogP contribution in [0.3, 0.4) is 0 Å². The van der Waals surface area contributed by atoms with Crippen LogP contribution >= 0.6 is 15.9 Å². The Morgan fingerprint density at radius 3 is 2.76 bits per heavy atom. The first-order chi connectivity index (χ1) is 10.1. The summed E-state index contributed by atoms with van der Waals surface area (Å²) in [6, 6.07) is 5.93. The van der Waals surface area contributed by atoms with E-state index in [0.29, 0.717) is 0 Å². The summed E-state index contributed by atoms with van der Waals surface area (Å²) >= 11 is 3.51. The number of hydrogen-bond acceptors (Lipinski definition) is 2. The molecular weight excluding hydrogens is 328 g/mol. The molecule has 1 heterocycles. The van der Waals surface area contributed by atoms with Crippen molar-refractivity contribution >= 4 is 21.8 Å². The molecule has 1 aromatic rings. The number of rotatable bonds is 1. The van der Waals surface area contributed by atoms with Crippen LogP contribution in [0.2, 0.25) is 0 Å². The van der Waals surface area contributed by atoms with Crippen molar-refractivity contribution < 1.29 is 4.79 Å². The lowest BCUT2D eigenvalue weighted by Gasteiger charge is -2.49. The third-order valence-corrected chi connectivity index (χ3v) is 5.86. The van der Waals surface area contributed by atoms with Crippen LogP contribution in [-0.4, -0.2) is 36.0 Å². The fourth-order valence-corrected chi connectivity index (χ4v) is 4.00. The second-order valence-corrected chi connectivity index (χ2v) is 7.24. The minimum atomic E-state index is 0.0502. The molecule has 1 saturated carbocycles. The van der Waals surface area contributed by atoms with Crippen molar-refractivity contribution in [1.29, 1.82) is 0 Å². The highest BCUT2D eigenvalue weighted by Crippen LogP contribution is 2.35. The molecule has 4 heteroatoms. The number of carbonyl (C=O) groups is 1. The van der Waals surface area contributed by atoms with Crippen molar-refractivity contribution in [2.75, 3.05) is 19.6 Å². The van der Waals surface area contributed by atoms with Gasteiger partial charge >= 0.3 is 0 Å². The largest absolute Gasteiger partial charge is 0.330 e. The highest BCUT2D eigenvalue weighted by molar-refractivity contribution is 9.10. The Morgan fingerprint density at radius 2 is 2.05 bits per heavy atom. The number of aryl methyl sites for hydroxylation is 1. The van der Waals surface area contributed by atoms with E-state index in [0.717, 1.165) is 48.1 Å². The Bertz CT molecular complexity index is 529. The molecule has 0 bridgehead atoms. The Kier molecular flexibility index (Phi) is 4.36. The van der Waals surface area contributed by atoms with Crippen LogP contribution in [0.15, 0.2) is 22.7 Å². The molecule has 1 amide bonds. The topological polar surface area (TPSA) is 32.3 Å². The number of nitrogens with one attached hydrogen (secondary N) is 1. The van der Waals surface area contributed by atoms with Gasteiger partial charge in [0.05, 0.1) is 5.54 Å². The van der Waals surface area contributed by atoms with Crippen molar-refractivity contribution in [3.05, 3.63) is 33.8 Å². The summed E-state index contributed by atoms with van der Waals surface area (Å²) in [5.41, 5.74) is 1.99. The lowest BCUT2D eigenvalue weighted by atomic mass is 9.78. The summed E-state index contributed by atoms with van der Waals surface area (Å²) in [4.78, 5) is 15.2. The van der Waals surface area contributed by atoms with Gasteiger partial charge in [0.1, 0.15) is 0 Å². The molecule has 114 valence electrons. The van der Waals surface area contributed by atoms with E-state index in [1.165, 1.54) is 19.3 Å². The third-order valence-electron chi connectivity index (χ3n) is 4.97. The van der Waals surface area contributed by atoms with E-state index in [4.69, 9.17) is 0 Å². The van der Waals surface area contributed by atoms with Gasteiger partial charge in [-0.25, -0.2) is 0 Å². The van der Waals surface area contributed by atoms with Crippen LogP contribution in [0.1, 0.15) is 48.0 Å². The van der Waals surface area contributed by atoms with E-state index < -0.39 is 0 Å². The van der Waals surface area contributed by atoms with Crippen LogP contribution in [-0.2, 0) is 0 Å². The zero-order valence-electron chi connectivity index (χ0n) is 12.6. The van der Waals surface area contributed by atoms with Crippen molar-refractivity contribution in [3.63, 3.8) is 0 Å². The highest BCUT2D eigenvalue weighted by Gasteiger charge is 2.42. The molecule has 0 atom stereocenters. The lowest BCUT2D eigenvalue weighted by Crippen LogP contribution is -2.63. The average Bonchev–Trinajstić information content (AvgIpc) is 2.51. The number of amides is 1. The quantitative estimate of drug-likeness (QED) is 0.840. The van der Waals surface area contributed by atoms with Gasteiger partial charge < -0.3 is 10.2 Å². The average molecular weight is 351 g/mol. The molecule has 1 aliphatic heterocycles. The number of nitrogens with zero attached hydrogens (tertiary/aromatic N) is 1. The van der Waals surface area contributed by atoms with Crippen molar-refractivity contribution in [1.82, 2.24) is 10.2 Å². The SMILES string of the molecule is Cc1cc(C(=O)N2CCNCC23CCCCC3)ccc1Br. The zero-order valence-corrected chi connectivity index (χ0v) is 14.2. The molecule has 1 aromatic carbocycles. The van der Waals surface area contributed by atoms with Gasteiger partial charge in [0.25, 0.3) is 5.91 Å². The van der Waals surface area contributed by atoms with E-state index in [-0.39, 0.29) is 11.4 Å². The summed E-state index contributed by atoms with van der Waals surface area (Å²) in [6.07, 6.45) is 6.07. The predicted octanol–water partition coefficient (Wildman–Crippen LogP) is 3.51. The molecule has 0 unspecified atom stereocenters. The summed E-state index contributed by atoms with van der Waals surface area (Å²) in [6.45, 7) is 4.72. The Hall–Kier alpha value is -0.870. The van der Waals surface area contributed by atoms with E-state index in [1.807, 2.05) is 25.1 Å². The van der Waals surface area contributed by atoms with Gasteiger partial charge in [0.2, 0.25) is 0 Å². The van der Waals surface area contributed by atoms with Crippen LogP contribution in [0, 0.1) is 6.92 Å². The van der Waals surface area contributed by atoms with Gasteiger partial charge in [-0.1, -0.05) is 35.2 Å². The minimum Gasteiger partial charge on any atom is -0.330 e. The monoisotopic (exact) mass is 350 g/mol. The first-order valence-electron chi connectivity index (χ1n) is 7.91. The second-order valence-electron chi connectivity index (χ2n) is 6.38. The number of hydrogen-bond donors (Lipinski definition) is 1. The minimum absolute atomic E-state index is 0.0502. The molecule has 1 spiro atoms. The third kappa shape index (κ3) is 2.88. The van der Waals surface area contributed by atoms with Crippen molar-refractivity contribution in [2.45, 2.75) is 44.6 Å². The van der Waals surface area contributed by atoms with Gasteiger partial charge in [-0.15, -0.1) is 0 Å². The van der Waals surface area contributed by atoms with Crippen LogP contribution < -0.4 is 5.32 Å². The molecule has 1 saturated heterocycles. The van der Waals surface area contributed by atoms with Gasteiger partial charge in [-0.05, 0) is 43.5 Å². The van der Waals surface area contributed by atoms with Crippen LogP contribution in [0.5, 0.6) is 0 Å². The van der Waals surface area contributed by atoms with E-state index in [2.05, 4.69) is 26.1 Å². The fraction of sp³-hybridized carbons (Fsp3) is 0.588. The molecule has 2 aliphatic rings. The Morgan fingerprint density at radius 1 is 1.29 bits per heavy atom. The first-order valence-corrected chi connectivity index (χ1v) is 8.71. The maximum atomic E-state index is 13.0. The smallest absolute Gasteiger partial charge is 0.254 e. The van der Waals surface area contributed by atoms with E-state index in [9.17, 15) is 4.79 Å². The molecule has 3 rings (SSSR count). The molecule has 1 aliphatic carbocycles. The van der Waals surface area contributed by atoms with Gasteiger partial charge in [-0.3, -0.25) is 4.79 Å². The summed E-state index contributed by atoms with van der Waals surface area (Å²) in [7, 11) is 0. The predicted molar refractivity (Wildman–Crippen MR) is 88.6 cm³/mol. The molecule has 0 radical (unpaired) electrons. The van der Waals surface area contributed by atoms with Gasteiger partial charge in [-0.2, -0.15) is 0 Å². The lowest BCUT2D eigenvalue weighted by molar-refractivity contribution is 0.0222. The Balaban J connectivity index is 1.88. The number of carbonyl (C=O) groups excluding carboxylic acids is 1. The van der Waals surface area contributed by atoms with Gasteiger partial charge in [0.15, 0.2) is 0 Å². The second kappa shape index (κ2) is 6.09. The number of halogens is 1. The molecule has 3 nitrogen and oxygen atoms in total. The molecule has 0 aromatic heterocycles. The number of piperazine rings is 1. The Labute approximate surface area is 135 Å². The highest BCUT2D eigenvalue weighted by atomic mass is 79.9. The van der Waals surface area contributed by atoms with Crippen LogP contribution in [0.25, 0.3) is 0 Å². The number of benzene rings is 1. The maximum absolute atomic E-state index is 13.0. The van der Waals surface area contributed by atoms with Crippen molar-refractivity contribution in [2.24, 2.45) is 0 Å². The summed E-state index contributed by atoms with van der Waals surface area (Å²) in [5.74, 6) is 0.203. The maximum Gasteiger partial charge on any atom is 0.254 e. The van der Waals surface area contributed by atoms with E-state index in [1.54, 1.807) is 0 Å². The molecule has 2 fully saturated rings. The molecule has 21 heavy (non-hydrogen) atoms. The van der Waals surface area contributed by atoms with Gasteiger partial charge in [0, 0.05) is 29.7 Å². The summed E-state index contributed by atoms with van der Waals surface area (Å²) < 4.78 is 1.06. The van der Waals surface area contributed by atoms with Crippen molar-refractivity contribution in [3.8, 4) is 0 Å². The summed E-state index contributed by atoms with van der Waals surface area (Å²) in [5, 5.41) is 3.50. The molecular formula is C17H23BrN2O. The zero-order chi connectivity index (χ0) is 14.9.